The van der Waals surface area contributed by atoms with Crippen molar-refractivity contribution < 1.29 is 4.79 Å². The molecule has 26 heavy (non-hydrogen) atoms. The van der Waals surface area contributed by atoms with E-state index in [4.69, 9.17) is 0 Å². The summed E-state index contributed by atoms with van der Waals surface area (Å²) in [4.78, 5) is 19.4. The summed E-state index contributed by atoms with van der Waals surface area (Å²) in [5, 5.41) is 8.42. The van der Waals surface area contributed by atoms with Crippen LogP contribution in [0.1, 0.15) is 20.2 Å². The molecule has 0 aliphatic heterocycles. The molecule has 0 bridgehead atoms. The van der Waals surface area contributed by atoms with Crippen molar-refractivity contribution in [2.75, 3.05) is 6.54 Å². The lowest BCUT2D eigenvalue weighted by molar-refractivity contribution is 0.0954. The highest BCUT2D eigenvalue weighted by Crippen LogP contribution is 2.29. The smallest absolute Gasteiger partial charge is 0.251 e. The Balaban J connectivity index is 1.36. The molecule has 130 valence electrons. The summed E-state index contributed by atoms with van der Waals surface area (Å²) in [6.45, 7) is 2.65. The van der Waals surface area contributed by atoms with Crippen LogP contribution in [0.25, 0.3) is 21.3 Å². The van der Waals surface area contributed by atoms with E-state index in [1.807, 2.05) is 43.3 Å². The number of carbonyl (C=O) groups is 1. The third-order valence-electron chi connectivity index (χ3n) is 4.20. The summed E-state index contributed by atoms with van der Waals surface area (Å²) in [7, 11) is 0. The summed E-state index contributed by atoms with van der Waals surface area (Å²) < 4.78 is 0. The average Bonchev–Trinajstić information content (AvgIpc) is 3.30. The van der Waals surface area contributed by atoms with Gasteiger partial charge in [-0.3, -0.25) is 4.79 Å². The molecule has 0 aliphatic carbocycles. The first-order valence-electron chi connectivity index (χ1n) is 8.47. The molecule has 0 spiro atoms. The Kier molecular flexibility index (Phi) is 4.82. The Morgan fingerprint density at radius 1 is 1.08 bits per heavy atom. The van der Waals surface area contributed by atoms with Crippen LogP contribution in [0.3, 0.4) is 0 Å². The number of carbonyl (C=O) groups excluding carboxylic acids is 1. The minimum Gasteiger partial charge on any atom is -0.352 e. The molecule has 4 aromatic rings. The molecule has 4 rings (SSSR count). The molecule has 0 saturated heterocycles. The SMILES string of the molecule is Cc1nc(-c2ccc(CCNC(=O)c3ccc4ccccc4c3)s2)cs1. The van der Waals surface area contributed by atoms with Gasteiger partial charge < -0.3 is 5.32 Å². The number of aryl methyl sites for hydroxylation is 1. The molecule has 5 heteroatoms. The van der Waals surface area contributed by atoms with Gasteiger partial charge in [0.2, 0.25) is 0 Å². The fourth-order valence-corrected chi connectivity index (χ4v) is 4.51. The van der Waals surface area contributed by atoms with Crippen LogP contribution in [0.5, 0.6) is 0 Å². The number of benzene rings is 2. The zero-order valence-electron chi connectivity index (χ0n) is 14.4. The van der Waals surface area contributed by atoms with E-state index in [-0.39, 0.29) is 5.91 Å². The molecule has 0 aliphatic rings. The second kappa shape index (κ2) is 7.40. The molecule has 0 atom stereocenters. The Morgan fingerprint density at radius 3 is 2.73 bits per heavy atom. The number of fused-ring (bicyclic) bond motifs is 1. The molecule has 1 N–H and O–H groups in total. The molecule has 3 nitrogen and oxygen atoms in total. The summed E-state index contributed by atoms with van der Waals surface area (Å²) in [6, 6.07) is 18.1. The molecule has 2 heterocycles. The van der Waals surface area contributed by atoms with Crippen molar-refractivity contribution in [2.24, 2.45) is 0 Å². The van der Waals surface area contributed by atoms with E-state index in [1.165, 1.54) is 9.75 Å². The van der Waals surface area contributed by atoms with Crippen LogP contribution >= 0.6 is 22.7 Å². The Hall–Kier alpha value is -2.50. The number of aromatic nitrogens is 1. The van der Waals surface area contributed by atoms with Crippen LogP contribution in [0.4, 0.5) is 0 Å². The Labute approximate surface area is 160 Å². The maximum absolute atomic E-state index is 12.4. The molecular formula is C21H18N2OS2. The van der Waals surface area contributed by atoms with Gasteiger partial charge in [0.1, 0.15) is 0 Å². The maximum Gasteiger partial charge on any atom is 0.251 e. The molecule has 2 aromatic heterocycles. The topological polar surface area (TPSA) is 42.0 Å². The van der Waals surface area contributed by atoms with Crippen molar-refractivity contribution in [1.82, 2.24) is 10.3 Å². The van der Waals surface area contributed by atoms with E-state index >= 15 is 0 Å². The van der Waals surface area contributed by atoms with Crippen LogP contribution < -0.4 is 5.32 Å². The Morgan fingerprint density at radius 2 is 1.92 bits per heavy atom. The van der Waals surface area contributed by atoms with Crippen molar-refractivity contribution in [3.05, 3.63) is 75.4 Å². The molecule has 1 amide bonds. The second-order valence-electron chi connectivity index (χ2n) is 6.09. The average molecular weight is 379 g/mol. The number of nitrogens with one attached hydrogen (secondary N) is 1. The van der Waals surface area contributed by atoms with Crippen molar-refractivity contribution >= 4 is 39.4 Å². The quantitative estimate of drug-likeness (QED) is 0.512. The number of thiophene rings is 1. The van der Waals surface area contributed by atoms with Crippen LogP contribution in [-0.2, 0) is 6.42 Å². The van der Waals surface area contributed by atoms with Crippen LogP contribution in [-0.4, -0.2) is 17.4 Å². The number of nitrogens with zero attached hydrogens (tertiary/aromatic N) is 1. The second-order valence-corrected chi connectivity index (χ2v) is 8.32. The highest BCUT2D eigenvalue weighted by molar-refractivity contribution is 7.16. The molecule has 0 saturated carbocycles. The first-order chi connectivity index (χ1) is 12.7. The van der Waals surface area contributed by atoms with Gasteiger partial charge in [0.05, 0.1) is 15.6 Å². The molecule has 2 aromatic carbocycles. The molecule has 0 unspecified atom stereocenters. The van der Waals surface area contributed by atoms with E-state index in [0.717, 1.165) is 27.9 Å². The molecule has 0 radical (unpaired) electrons. The predicted octanol–water partition coefficient (Wildman–Crippen LogP) is 5.31. The highest BCUT2D eigenvalue weighted by Gasteiger charge is 2.08. The first-order valence-corrected chi connectivity index (χ1v) is 10.2. The van der Waals surface area contributed by atoms with E-state index in [1.54, 1.807) is 22.7 Å². The van der Waals surface area contributed by atoms with Crippen LogP contribution in [0.15, 0.2) is 60.0 Å². The summed E-state index contributed by atoms with van der Waals surface area (Å²) in [5.41, 5.74) is 1.75. The minimum atomic E-state index is -0.0253. The maximum atomic E-state index is 12.4. The van der Waals surface area contributed by atoms with Gasteiger partial charge in [-0.25, -0.2) is 4.98 Å². The zero-order valence-corrected chi connectivity index (χ0v) is 16.0. The Bertz CT molecular complexity index is 1060. The van der Waals surface area contributed by atoms with Gasteiger partial charge >= 0.3 is 0 Å². The lowest BCUT2D eigenvalue weighted by atomic mass is 10.1. The fraction of sp³-hybridized carbons (Fsp3) is 0.143. The van der Waals surface area contributed by atoms with Gasteiger partial charge in [-0.2, -0.15) is 0 Å². The van der Waals surface area contributed by atoms with Crippen molar-refractivity contribution in [3.63, 3.8) is 0 Å². The summed E-state index contributed by atoms with van der Waals surface area (Å²) >= 11 is 3.41. The zero-order chi connectivity index (χ0) is 17.9. The number of hydrogen-bond acceptors (Lipinski definition) is 4. The largest absolute Gasteiger partial charge is 0.352 e. The van der Waals surface area contributed by atoms with E-state index in [2.05, 4.69) is 33.9 Å². The van der Waals surface area contributed by atoms with Crippen LogP contribution in [0.2, 0.25) is 0 Å². The van der Waals surface area contributed by atoms with Crippen molar-refractivity contribution in [1.29, 1.82) is 0 Å². The number of amides is 1. The third-order valence-corrected chi connectivity index (χ3v) is 6.14. The number of thiazole rings is 1. The van der Waals surface area contributed by atoms with Gasteiger partial charge in [-0.15, -0.1) is 22.7 Å². The highest BCUT2D eigenvalue weighted by atomic mass is 32.1. The van der Waals surface area contributed by atoms with Gasteiger partial charge in [0.25, 0.3) is 5.91 Å². The number of hydrogen-bond donors (Lipinski definition) is 1. The minimum absolute atomic E-state index is 0.0253. The molecule has 0 fully saturated rings. The predicted molar refractivity (Wildman–Crippen MR) is 110 cm³/mol. The van der Waals surface area contributed by atoms with Crippen molar-refractivity contribution in [2.45, 2.75) is 13.3 Å². The molecular weight excluding hydrogens is 360 g/mol. The van der Waals surface area contributed by atoms with E-state index < -0.39 is 0 Å². The van der Waals surface area contributed by atoms with Gasteiger partial charge in [-0.05, 0) is 48.4 Å². The normalized spacial score (nSPS) is 11.0. The standard InChI is InChI=1S/C21H18N2OS2/c1-14-23-19(13-25-14)20-9-8-18(26-20)10-11-22-21(24)17-7-6-15-4-2-3-5-16(15)12-17/h2-9,12-13H,10-11H2,1H3,(H,22,24). The van der Waals surface area contributed by atoms with Gasteiger partial charge in [-0.1, -0.05) is 30.3 Å². The van der Waals surface area contributed by atoms with Gasteiger partial charge in [0, 0.05) is 22.4 Å². The lowest BCUT2D eigenvalue weighted by Gasteiger charge is -2.05. The summed E-state index contributed by atoms with van der Waals surface area (Å²) in [6.07, 6.45) is 0.826. The van der Waals surface area contributed by atoms with Gasteiger partial charge in [0.15, 0.2) is 0 Å². The summed E-state index contributed by atoms with van der Waals surface area (Å²) in [5.74, 6) is -0.0253. The fourth-order valence-electron chi connectivity index (χ4n) is 2.86. The first kappa shape index (κ1) is 16.9. The van der Waals surface area contributed by atoms with Crippen LogP contribution in [0, 0.1) is 6.92 Å². The monoisotopic (exact) mass is 378 g/mol. The third kappa shape index (κ3) is 3.69. The van der Waals surface area contributed by atoms with Crippen molar-refractivity contribution in [3.8, 4) is 10.6 Å². The number of rotatable bonds is 5. The lowest BCUT2D eigenvalue weighted by Crippen LogP contribution is -2.25. The van der Waals surface area contributed by atoms with E-state index in [9.17, 15) is 4.79 Å². The van der Waals surface area contributed by atoms with E-state index in [0.29, 0.717) is 12.1 Å².